The third-order valence-corrected chi connectivity index (χ3v) is 3.81. The van der Waals surface area contributed by atoms with Gasteiger partial charge >= 0.3 is 0 Å². The second-order valence-electron chi connectivity index (χ2n) is 5.54. The third kappa shape index (κ3) is 3.87. The van der Waals surface area contributed by atoms with Crippen molar-refractivity contribution in [2.24, 2.45) is 0 Å². The summed E-state index contributed by atoms with van der Waals surface area (Å²) in [6, 6.07) is 5.45. The summed E-state index contributed by atoms with van der Waals surface area (Å²) < 4.78 is 10.3. The lowest BCUT2D eigenvalue weighted by Crippen LogP contribution is -2.45. The van der Waals surface area contributed by atoms with E-state index in [1.165, 1.54) is 12.6 Å². The molecule has 3 rings (SSSR count). The molecule has 7 heteroatoms. The summed E-state index contributed by atoms with van der Waals surface area (Å²) in [5.41, 5.74) is 0.823. The minimum atomic E-state index is -0.0655. The fourth-order valence-corrected chi connectivity index (χ4v) is 2.75. The molecule has 2 aromatic heterocycles. The maximum absolute atomic E-state index is 12.4. The molecule has 1 fully saturated rings. The van der Waals surface area contributed by atoms with Crippen molar-refractivity contribution in [1.82, 2.24) is 14.9 Å². The molecule has 1 amide bonds. The third-order valence-electron chi connectivity index (χ3n) is 3.81. The number of likely N-dealkylation sites (tertiary alicyclic amines) is 1. The second kappa shape index (κ2) is 7.23. The number of amides is 1. The Labute approximate surface area is 134 Å². The standard InChI is InChI=1S/C16H20N4O3/c1-22-10-13-8-15(18-11-17-13)19-12-4-2-6-20(9-12)16(21)14-5-3-7-23-14/h3,5,7-8,11-12H,2,4,6,9-10H2,1H3,(H,17,18,19)/t12-/m1/s1. The van der Waals surface area contributed by atoms with Gasteiger partial charge in [0.1, 0.15) is 12.1 Å². The predicted octanol–water partition coefficient (Wildman–Crippen LogP) is 1.93. The molecular formula is C16H20N4O3. The van der Waals surface area contributed by atoms with Crippen LogP contribution in [0.25, 0.3) is 0 Å². The first kappa shape index (κ1) is 15.5. The van der Waals surface area contributed by atoms with Crippen molar-refractivity contribution in [2.45, 2.75) is 25.5 Å². The van der Waals surface area contributed by atoms with Gasteiger partial charge < -0.3 is 19.4 Å². The van der Waals surface area contributed by atoms with E-state index in [4.69, 9.17) is 9.15 Å². The average Bonchev–Trinajstić information content (AvgIpc) is 3.09. The molecule has 0 unspecified atom stereocenters. The molecule has 1 aliphatic rings. The molecule has 0 saturated carbocycles. The Morgan fingerprint density at radius 3 is 3.22 bits per heavy atom. The molecule has 0 aliphatic carbocycles. The van der Waals surface area contributed by atoms with Gasteiger partial charge in [-0.2, -0.15) is 0 Å². The summed E-state index contributed by atoms with van der Waals surface area (Å²) in [7, 11) is 1.63. The summed E-state index contributed by atoms with van der Waals surface area (Å²) in [6.45, 7) is 1.82. The lowest BCUT2D eigenvalue weighted by atomic mass is 10.1. The molecule has 7 nitrogen and oxygen atoms in total. The number of hydrogen-bond donors (Lipinski definition) is 1. The highest BCUT2D eigenvalue weighted by atomic mass is 16.5. The van der Waals surface area contributed by atoms with Crippen LogP contribution in [0, 0.1) is 0 Å². The number of nitrogens with one attached hydrogen (secondary N) is 1. The molecule has 1 atom stereocenters. The smallest absolute Gasteiger partial charge is 0.289 e. The Kier molecular flexibility index (Phi) is 4.87. The van der Waals surface area contributed by atoms with E-state index < -0.39 is 0 Å². The summed E-state index contributed by atoms with van der Waals surface area (Å²) >= 11 is 0. The van der Waals surface area contributed by atoms with Crippen molar-refractivity contribution in [1.29, 1.82) is 0 Å². The van der Waals surface area contributed by atoms with Gasteiger partial charge in [0.15, 0.2) is 5.76 Å². The Balaban J connectivity index is 1.62. The number of furan rings is 1. The number of nitrogens with zero attached hydrogens (tertiary/aromatic N) is 3. The van der Waals surface area contributed by atoms with Crippen molar-refractivity contribution < 1.29 is 13.9 Å². The van der Waals surface area contributed by atoms with Crippen LogP contribution in [0.5, 0.6) is 0 Å². The minimum absolute atomic E-state index is 0.0655. The Morgan fingerprint density at radius 2 is 2.43 bits per heavy atom. The maximum Gasteiger partial charge on any atom is 0.289 e. The highest BCUT2D eigenvalue weighted by Gasteiger charge is 2.26. The lowest BCUT2D eigenvalue weighted by Gasteiger charge is -2.33. The van der Waals surface area contributed by atoms with Gasteiger partial charge in [0.05, 0.1) is 18.6 Å². The van der Waals surface area contributed by atoms with E-state index in [1.807, 2.05) is 11.0 Å². The van der Waals surface area contributed by atoms with Gasteiger partial charge in [0.25, 0.3) is 5.91 Å². The molecule has 0 radical (unpaired) electrons. The molecular weight excluding hydrogens is 296 g/mol. The Bertz CT molecular complexity index is 645. The number of piperidine rings is 1. The van der Waals surface area contributed by atoms with Crippen LogP contribution < -0.4 is 5.32 Å². The van der Waals surface area contributed by atoms with Crippen molar-refractivity contribution in [3.05, 3.63) is 42.2 Å². The highest BCUT2D eigenvalue weighted by Crippen LogP contribution is 2.17. The van der Waals surface area contributed by atoms with Crippen LogP contribution >= 0.6 is 0 Å². The van der Waals surface area contributed by atoms with Gasteiger partial charge in [-0.3, -0.25) is 4.79 Å². The number of carbonyl (C=O) groups is 1. The van der Waals surface area contributed by atoms with E-state index in [0.29, 0.717) is 18.9 Å². The van der Waals surface area contributed by atoms with Crippen LogP contribution in [0.4, 0.5) is 5.82 Å². The molecule has 2 aromatic rings. The molecule has 3 heterocycles. The van der Waals surface area contributed by atoms with E-state index in [2.05, 4.69) is 15.3 Å². The van der Waals surface area contributed by atoms with Crippen LogP contribution in [-0.2, 0) is 11.3 Å². The molecule has 23 heavy (non-hydrogen) atoms. The zero-order valence-corrected chi connectivity index (χ0v) is 13.1. The van der Waals surface area contributed by atoms with Crippen molar-refractivity contribution in [3.63, 3.8) is 0 Å². The SMILES string of the molecule is COCc1cc(N[C@@H]2CCCN(C(=O)c3ccco3)C2)ncn1. The molecule has 0 bridgehead atoms. The fraction of sp³-hybridized carbons (Fsp3) is 0.438. The summed E-state index contributed by atoms with van der Waals surface area (Å²) in [5, 5.41) is 3.38. The molecule has 1 aliphatic heterocycles. The minimum Gasteiger partial charge on any atom is -0.459 e. The van der Waals surface area contributed by atoms with Gasteiger partial charge in [-0.1, -0.05) is 0 Å². The maximum atomic E-state index is 12.4. The van der Waals surface area contributed by atoms with Gasteiger partial charge in [0.2, 0.25) is 0 Å². The number of carbonyl (C=O) groups excluding carboxylic acids is 1. The van der Waals surface area contributed by atoms with Crippen LogP contribution in [0.15, 0.2) is 35.2 Å². The Morgan fingerprint density at radius 1 is 1.52 bits per heavy atom. The predicted molar refractivity (Wildman–Crippen MR) is 84.0 cm³/mol. The quantitative estimate of drug-likeness (QED) is 0.908. The number of anilines is 1. The van der Waals surface area contributed by atoms with Crippen LogP contribution in [-0.4, -0.2) is 47.0 Å². The summed E-state index contributed by atoms with van der Waals surface area (Å²) in [6.07, 6.45) is 4.97. The number of ether oxygens (including phenoxy) is 1. The van der Waals surface area contributed by atoms with Gasteiger partial charge in [0, 0.05) is 32.3 Å². The first-order valence-corrected chi connectivity index (χ1v) is 7.65. The number of hydrogen-bond acceptors (Lipinski definition) is 6. The van der Waals surface area contributed by atoms with Crippen LogP contribution in [0.2, 0.25) is 0 Å². The molecule has 1 N–H and O–H groups in total. The van der Waals surface area contributed by atoms with E-state index in [9.17, 15) is 4.79 Å². The molecule has 0 spiro atoms. The fourth-order valence-electron chi connectivity index (χ4n) is 2.75. The first-order valence-electron chi connectivity index (χ1n) is 7.65. The topological polar surface area (TPSA) is 80.5 Å². The summed E-state index contributed by atoms with van der Waals surface area (Å²) in [4.78, 5) is 22.6. The van der Waals surface area contributed by atoms with Gasteiger partial charge in [-0.25, -0.2) is 9.97 Å². The average molecular weight is 316 g/mol. The largest absolute Gasteiger partial charge is 0.459 e. The van der Waals surface area contributed by atoms with Crippen molar-refractivity contribution in [2.75, 3.05) is 25.5 Å². The van der Waals surface area contributed by atoms with E-state index in [-0.39, 0.29) is 11.9 Å². The van der Waals surface area contributed by atoms with Crippen molar-refractivity contribution in [3.8, 4) is 0 Å². The number of aromatic nitrogens is 2. The molecule has 122 valence electrons. The van der Waals surface area contributed by atoms with E-state index in [1.54, 1.807) is 19.2 Å². The first-order chi connectivity index (χ1) is 11.3. The normalized spacial score (nSPS) is 18.0. The van der Waals surface area contributed by atoms with Gasteiger partial charge in [-0.05, 0) is 25.0 Å². The van der Waals surface area contributed by atoms with E-state index in [0.717, 1.165) is 30.9 Å². The monoisotopic (exact) mass is 316 g/mol. The van der Waals surface area contributed by atoms with Crippen LogP contribution in [0.1, 0.15) is 29.1 Å². The lowest BCUT2D eigenvalue weighted by molar-refractivity contribution is 0.0682. The highest BCUT2D eigenvalue weighted by molar-refractivity contribution is 5.91. The van der Waals surface area contributed by atoms with Crippen molar-refractivity contribution >= 4 is 11.7 Å². The zero-order valence-electron chi connectivity index (χ0n) is 13.1. The molecule has 1 saturated heterocycles. The summed E-state index contributed by atoms with van der Waals surface area (Å²) in [5.74, 6) is 1.07. The van der Waals surface area contributed by atoms with E-state index >= 15 is 0 Å². The zero-order chi connectivity index (χ0) is 16.1. The Hall–Kier alpha value is -2.41. The van der Waals surface area contributed by atoms with Gasteiger partial charge in [-0.15, -0.1) is 0 Å². The number of methoxy groups -OCH3 is 1. The second-order valence-corrected chi connectivity index (χ2v) is 5.54. The molecule has 0 aromatic carbocycles. The van der Waals surface area contributed by atoms with Crippen LogP contribution in [0.3, 0.4) is 0 Å². The number of rotatable bonds is 5.